The molecule has 9 heteroatoms. The Hall–Kier alpha value is -0.140. The van der Waals surface area contributed by atoms with Gasteiger partial charge in [0.05, 0.1) is 20.6 Å². The van der Waals surface area contributed by atoms with Crippen molar-refractivity contribution in [3.63, 3.8) is 0 Å². The van der Waals surface area contributed by atoms with Crippen LogP contribution < -0.4 is 0 Å². The Morgan fingerprint density at radius 1 is 1.40 bits per heavy atom. The molecule has 1 atom stereocenters. The lowest BCUT2D eigenvalue weighted by molar-refractivity contribution is -0.146. The summed E-state index contributed by atoms with van der Waals surface area (Å²) in [6.07, 6.45) is -0.312. The highest BCUT2D eigenvalue weighted by molar-refractivity contribution is 8.67. The van der Waals surface area contributed by atoms with Crippen molar-refractivity contribution in [2.24, 2.45) is 0 Å². The van der Waals surface area contributed by atoms with Gasteiger partial charge in [-0.3, -0.25) is 9.59 Å². The van der Waals surface area contributed by atoms with E-state index in [0.29, 0.717) is 11.4 Å². The van der Waals surface area contributed by atoms with Crippen LogP contribution in [0.25, 0.3) is 0 Å². The SMILES string of the molecule is COC(=O)CC(SP(O)(O)=S)C(=O)OC. The summed E-state index contributed by atoms with van der Waals surface area (Å²) in [4.78, 5) is 40.0. The summed E-state index contributed by atoms with van der Waals surface area (Å²) < 4.78 is 8.73. The Morgan fingerprint density at radius 2 is 1.93 bits per heavy atom. The number of rotatable bonds is 5. The molecule has 0 aliphatic rings. The average molecular weight is 274 g/mol. The van der Waals surface area contributed by atoms with Crippen LogP contribution >= 0.6 is 17.1 Å². The third kappa shape index (κ3) is 6.86. The predicted molar refractivity (Wildman–Crippen MR) is 58.8 cm³/mol. The molecule has 0 amide bonds. The molecule has 0 rings (SSSR count). The molecule has 88 valence electrons. The third-order valence-corrected chi connectivity index (χ3v) is 4.56. The molecule has 1 unspecified atom stereocenters. The van der Waals surface area contributed by atoms with Gasteiger partial charge in [0.25, 0.3) is 0 Å². The van der Waals surface area contributed by atoms with Gasteiger partial charge in [0.2, 0.25) is 5.69 Å². The number of hydrogen-bond donors (Lipinski definition) is 2. The van der Waals surface area contributed by atoms with Gasteiger partial charge in [0.1, 0.15) is 5.25 Å². The van der Waals surface area contributed by atoms with Gasteiger partial charge in [-0.05, 0) is 11.8 Å². The molecule has 0 spiro atoms. The molecule has 0 aromatic carbocycles. The summed E-state index contributed by atoms with van der Waals surface area (Å²) in [5, 5.41) is -1.05. The largest absolute Gasteiger partial charge is 0.469 e. The summed E-state index contributed by atoms with van der Waals surface area (Å²) in [6.45, 7) is 0. The first kappa shape index (κ1) is 14.9. The summed E-state index contributed by atoms with van der Waals surface area (Å²) in [5.74, 6) is -1.40. The topological polar surface area (TPSA) is 93.1 Å². The van der Waals surface area contributed by atoms with Gasteiger partial charge in [-0.2, -0.15) is 0 Å². The zero-order valence-electron chi connectivity index (χ0n) is 8.08. The molecule has 15 heavy (non-hydrogen) atoms. The zero-order chi connectivity index (χ0) is 12.1. The van der Waals surface area contributed by atoms with Gasteiger partial charge in [0, 0.05) is 0 Å². The fourth-order valence-corrected chi connectivity index (χ4v) is 3.83. The lowest BCUT2D eigenvalue weighted by atomic mass is 10.3. The molecular weight excluding hydrogens is 263 g/mol. The van der Waals surface area contributed by atoms with Crippen molar-refractivity contribution in [1.29, 1.82) is 0 Å². The predicted octanol–water partition coefficient (Wildman–Crippen LogP) is 0.0334. The molecule has 0 saturated carbocycles. The average Bonchev–Trinajstić information content (AvgIpc) is 2.13. The normalized spacial score (nSPS) is 13.1. The number of carbonyl (C=O) groups is 2. The maximum Gasteiger partial charge on any atom is 0.319 e. The van der Waals surface area contributed by atoms with Crippen LogP contribution in [-0.4, -0.2) is 41.2 Å². The highest BCUT2D eigenvalue weighted by Gasteiger charge is 2.29. The van der Waals surface area contributed by atoms with Gasteiger partial charge >= 0.3 is 11.9 Å². The Bertz CT molecular complexity index is 287. The second-order valence-electron chi connectivity index (χ2n) is 2.39. The van der Waals surface area contributed by atoms with Crippen molar-refractivity contribution in [3.05, 3.63) is 0 Å². The number of ether oxygens (including phenoxy) is 2. The minimum Gasteiger partial charge on any atom is -0.469 e. The van der Waals surface area contributed by atoms with Gasteiger partial charge in [-0.15, -0.1) is 0 Å². The third-order valence-electron chi connectivity index (χ3n) is 1.31. The van der Waals surface area contributed by atoms with Crippen molar-refractivity contribution in [3.8, 4) is 0 Å². The second kappa shape index (κ2) is 6.44. The summed E-state index contributed by atoms with van der Waals surface area (Å²) in [5.41, 5.74) is -3.61. The number of methoxy groups -OCH3 is 2. The molecule has 0 radical (unpaired) electrons. The van der Waals surface area contributed by atoms with Crippen LogP contribution in [0.5, 0.6) is 0 Å². The molecule has 6 nitrogen and oxygen atoms in total. The first-order valence-corrected chi connectivity index (χ1v) is 7.88. The quantitative estimate of drug-likeness (QED) is 0.536. The van der Waals surface area contributed by atoms with E-state index < -0.39 is 22.9 Å². The van der Waals surface area contributed by atoms with Gasteiger partial charge in [-0.25, -0.2) is 0 Å². The summed E-state index contributed by atoms with van der Waals surface area (Å²) >= 11 is 4.78. The Kier molecular flexibility index (Phi) is 6.38. The molecule has 0 aromatic heterocycles. The van der Waals surface area contributed by atoms with Crippen molar-refractivity contribution < 1.29 is 28.8 Å². The van der Waals surface area contributed by atoms with Crippen LogP contribution in [-0.2, 0) is 30.9 Å². The summed E-state index contributed by atoms with van der Waals surface area (Å²) in [7, 11) is 2.29. The van der Waals surface area contributed by atoms with Gasteiger partial charge in [-0.1, -0.05) is 11.4 Å². The van der Waals surface area contributed by atoms with Crippen molar-refractivity contribution in [1.82, 2.24) is 0 Å². The number of esters is 2. The van der Waals surface area contributed by atoms with Crippen LogP contribution in [0.3, 0.4) is 0 Å². The van der Waals surface area contributed by atoms with Crippen LogP contribution in [0.15, 0.2) is 0 Å². The van der Waals surface area contributed by atoms with Gasteiger partial charge < -0.3 is 19.3 Å². The molecule has 0 saturated heterocycles. The highest BCUT2D eigenvalue weighted by Crippen LogP contribution is 2.53. The monoisotopic (exact) mass is 274 g/mol. The van der Waals surface area contributed by atoms with E-state index >= 15 is 0 Å². The van der Waals surface area contributed by atoms with E-state index in [1.807, 2.05) is 0 Å². The Labute approximate surface area is 95.9 Å². The lowest BCUT2D eigenvalue weighted by Crippen LogP contribution is -2.22. The van der Waals surface area contributed by atoms with Gasteiger partial charge in [0.15, 0.2) is 0 Å². The molecular formula is C6H11O6PS2. The van der Waals surface area contributed by atoms with E-state index in [9.17, 15) is 9.59 Å². The minimum atomic E-state index is -3.61. The highest BCUT2D eigenvalue weighted by atomic mass is 32.9. The van der Waals surface area contributed by atoms with E-state index in [4.69, 9.17) is 9.79 Å². The molecule has 0 aliphatic carbocycles. The maximum atomic E-state index is 11.1. The van der Waals surface area contributed by atoms with E-state index in [0.717, 1.165) is 14.2 Å². The molecule has 0 aliphatic heterocycles. The Balaban J connectivity index is 4.52. The minimum absolute atomic E-state index is 0.312. The van der Waals surface area contributed by atoms with Crippen molar-refractivity contribution in [2.45, 2.75) is 11.7 Å². The zero-order valence-corrected chi connectivity index (χ0v) is 10.6. The summed E-state index contributed by atoms with van der Waals surface area (Å²) in [6, 6.07) is 0. The Morgan fingerprint density at radius 3 is 2.27 bits per heavy atom. The molecule has 0 fully saturated rings. The van der Waals surface area contributed by atoms with Crippen LogP contribution in [0.2, 0.25) is 0 Å². The molecule has 2 N–H and O–H groups in total. The fourth-order valence-electron chi connectivity index (χ4n) is 0.696. The van der Waals surface area contributed by atoms with E-state index in [-0.39, 0.29) is 6.42 Å². The maximum absolute atomic E-state index is 11.1. The van der Waals surface area contributed by atoms with Crippen LogP contribution in [0.4, 0.5) is 0 Å². The van der Waals surface area contributed by atoms with E-state index in [2.05, 4.69) is 21.3 Å². The molecule has 0 heterocycles. The van der Waals surface area contributed by atoms with Crippen LogP contribution in [0.1, 0.15) is 6.42 Å². The van der Waals surface area contributed by atoms with E-state index in [1.165, 1.54) is 0 Å². The first-order valence-electron chi connectivity index (χ1n) is 3.68. The number of hydrogen-bond acceptors (Lipinski definition) is 6. The standard InChI is InChI=1S/C6H11O6PS2/c1-11-5(7)3-4(6(8)12-2)15-13(9,10)14/h4H,3H2,1-2H3,(H2,9,10,14). The van der Waals surface area contributed by atoms with Crippen molar-refractivity contribution in [2.75, 3.05) is 14.2 Å². The molecule has 0 bridgehead atoms. The van der Waals surface area contributed by atoms with Crippen LogP contribution in [0, 0.1) is 0 Å². The lowest BCUT2D eigenvalue weighted by Gasteiger charge is -2.15. The smallest absolute Gasteiger partial charge is 0.319 e. The van der Waals surface area contributed by atoms with E-state index in [1.54, 1.807) is 0 Å². The van der Waals surface area contributed by atoms with Crippen molar-refractivity contribution >= 4 is 40.8 Å². The second-order valence-corrected chi connectivity index (χ2v) is 8.53. The number of carbonyl (C=O) groups excluding carboxylic acids is 2. The molecule has 0 aromatic rings. The fraction of sp³-hybridized carbons (Fsp3) is 0.667. The first-order chi connectivity index (χ1) is 6.80.